The number of urea groups is 1. The number of carboxylic acid groups (broad SMARTS) is 1. The molecule has 1 atom stereocenters. The predicted octanol–water partition coefficient (Wildman–Crippen LogP) is 4.06. The number of rotatable bonds is 18. The number of aromatic nitrogens is 1. The van der Waals surface area contributed by atoms with Crippen LogP contribution in [0.4, 0.5) is 10.6 Å². The molecule has 11 heteroatoms. The highest BCUT2D eigenvalue weighted by atomic mass is 16.5. The van der Waals surface area contributed by atoms with Crippen LogP contribution in [0, 0.1) is 0 Å². The lowest BCUT2D eigenvalue weighted by Crippen LogP contribution is -2.49. The minimum atomic E-state index is -1.04. The normalized spacial score (nSPS) is 13.1. The maximum absolute atomic E-state index is 12.5. The van der Waals surface area contributed by atoms with E-state index < -0.39 is 12.0 Å². The van der Waals surface area contributed by atoms with Crippen molar-refractivity contribution >= 4 is 17.8 Å². The minimum absolute atomic E-state index is 0.285. The Morgan fingerprint density at radius 2 is 1.74 bits per heavy atom. The molecule has 2 amide bonds. The smallest absolute Gasteiger partial charge is 0.326 e. The van der Waals surface area contributed by atoms with Crippen molar-refractivity contribution in [1.29, 1.82) is 0 Å². The molecule has 0 unspecified atom stereocenters. The molecule has 2 heterocycles. The average Bonchev–Trinajstić information content (AvgIpc) is 3.00. The molecule has 1 aromatic carbocycles. The number of hydrogen-bond donors (Lipinski definition) is 3. The number of hydrogen-bond acceptors (Lipinski definition) is 8. The summed E-state index contributed by atoms with van der Waals surface area (Å²) < 4.78 is 16.7. The third kappa shape index (κ3) is 10.3. The van der Waals surface area contributed by atoms with Crippen molar-refractivity contribution in [3.63, 3.8) is 0 Å². The number of nitrogens with one attached hydrogen (secondary N) is 2. The van der Waals surface area contributed by atoms with Gasteiger partial charge in [0, 0.05) is 56.6 Å². The fourth-order valence-electron chi connectivity index (χ4n) is 4.96. The highest BCUT2D eigenvalue weighted by Gasteiger charge is 2.23. The van der Waals surface area contributed by atoms with Gasteiger partial charge in [-0.25, -0.2) is 14.6 Å². The molecular weight excluding hydrogens is 538 g/mol. The number of unbranched alkanes of at least 4 members (excludes halogenated alkanes) is 1. The summed E-state index contributed by atoms with van der Waals surface area (Å²) in [4.78, 5) is 33.1. The Morgan fingerprint density at radius 1 is 1.02 bits per heavy atom. The number of aliphatic carboxylic acids is 1. The third-order valence-electron chi connectivity index (χ3n) is 7.49. The van der Waals surface area contributed by atoms with Crippen LogP contribution in [0.5, 0.6) is 17.2 Å². The number of aryl methyl sites for hydroxylation is 2. The SMILES string of the molecule is CCN(CC)C(=O)N[C@@H](CCN(CCCCc1ccc2c(n1)NCCC2)CCOc1cc(OC)cc(OC)c1)C(=O)O. The monoisotopic (exact) mass is 585 g/mol. The molecule has 1 aromatic heterocycles. The zero-order valence-corrected chi connectivity index (χ0v) is 25.5. The van der Waals surface area contributed by atoms with E-state index in [4.69, 9.17) is 19.2 Å². The second-order valence-corrected chi connectivity index (χ2v) is 10.3. The van der Waals surface area contributed by atoms with Crippen molar-refractivity contribution < 1.29 is 28.9 Å². The number of carboxylic acids is 1. The van der Waals surface area contributed by atoms with Gasteiger partial charge < -0.3 is 34.9 Å². The molecule has 3 rings (SSSR count). The van der Waals surface area contributed by atoms with Crippen LogP contribution >= 0.6 is 0 Å². The largest absolute Gasteiger partial charge is 0.496 e. The Labute approximate surface area is 249 Å². The van der Waals surface area contributed by atoms with Gasteiger partial charge in [-0.3, -0.25) is 4.90 Å². The van der Waals surface area contributed by atoms with Crippen molar-refractivity contribution in [2.45, 2.75) is 58.4 Å². The quantitative estimate of drug-likeness (QED) is 0.222. The first kappa shape index (κ1) is 32.8. The molecule has 1 aliphatic heterocycles. The lowest BCUT2D eigenvalue weighted by atomic mass is 10.1. The number of carbonyl (C=O) groups excluding carboxylic acids is 1. The molecular formula is C31H47N5O6. The fraction of sp³-hybridized carbons (Fsp3) is 0.581. The average molecular weight is 586 g/mol. The maximum atomic E-state index is 12.5. The van der Waals surface area contributed by atoms with Crippen molar-refractivity contribution in [1.82, 2.24) is 20.1 Å². The first-order valence-electron chi connectivity index (χ1n) is 15.0. The molecule has 11 nitrogen and oxygen atoms in total. The lowest BCUT2D eigenvalue weighted by molar-refractivity contribution is -0.139. The van der Waals surface area contributed by atoms with Crippen LogP contribution in [-0.2, 0) is 17.6 Å². The van der Waals surface area contributed by atoms with Gasteiger partial charge in [-0.15, -0.1) is 0 Å². The number of methoxy groups -OCH3 is 2. The summed E-state index contributed by atoms with van der Waals surface area (Å²) in [5.41, 5.74) is 2.36. The highest BCUT2D eigenvalue weighted by Crippen LogP contribution is 2.27. The molecule has 0 saturated carbocycles. The molecule has 0 spiro atoms. The van der Waals surface area contributed by atoms with Crippen molar-refractivity contribution in [3.05, 3.63) is 41.6 Å². The first-order chi connectivity index (χ1) is 20.4. The second-order valence-electron chi connectivity index (χ2n) is 10.3. The fourth-order valence-corrected chi connectivity index (χ4v) is 4.96. The topological polar surface area (TPSA) is 125 Å². The highest BCUT2D eigenvalue weighted by molar-refractivity contribution is 5.82. The van der Waals surface area contributed by atoms with E-state index in [0.717, 1.165) is 56.7 Å². The van der Waals surface area contributed by atoms with Gasteiger partial charge in [0.15, 0.2) is 0 Å². The van der Waals surface area contributed by atoms with Crippen LogP contribution in [0.15, 0.2) is 30.3 Å². The summed E-state index contributed by atoms with van der Waals surface area (Å²) in [6.45, 7) is 8.00. The molecule has 0 saturated heterocycles. The number of fused-ring (bicyclic) bond motifs is 1. The van der Waals surface area contributed by atoms with Gasteiger partial charge >= 0.3 is 12.0 Å². The number of pyridine rings is 1. The summed E-state index contributed by atoms with van der Waals surface area (Å²) in [6.07, 6.45) is 5.25. The first-order valence-corrected chi connectivity index (χ1v) is 15.0. The van der Waals surface area contributed by atoms with Gasteiger partial charge in [0.25, 0.3) is 0 Å². The second kappa shape index (κ2) is 17.3. The molecule has 0 aliphatic carbocycles. The van der Waals surface area contributed by atoms with Gasteiger partial charge in [0.05, 0.1) is 14.2 Å². The summed E-state index contributed by atoms with van der Waals surface area (Å²) >= 11 is 0. The van der Waals surface area contributed by atoms with Crippen LogP contribution in [0.25, 0.3) is 0 Å². The standard InChI is InChI=1S/C31H47N5O6/c1-5-36(6-2)31(39)34-28(30(37)38)14-17-35(18-19-42-27-21-25(40-3)20-26(22-27)41-4)16-8-7-11-24-13-12-23-10-9-15-32-29(23)33-24/h12-13,20-22,28H,5-11,14-19H2,1-4H3,(H,32,33)(H,34,39)(H,37,38)/t28-/m0/s1. The summed E-state index contributed by atoms with van der Waals surface area (Å²) in [6, 6.07) is 8.35. The number of ether oxygens (including phenoxy) is 3. The van der Waals surface area contributed by atoms with Crippen molar-refractivity contribution in [3.8, 4) is 17.2 Å². The molecule has 3 N–H and O–H groups in total. The van der Waals surface area contributed by atoms with E-state index in [-0.39, 0.29) is 12.5 Å². The zero-order chi connectivity index (χ0) is 30.3. The van der Waals surface area contributed by atoms with E-state index in [1.165, 1.54) is 5.56 Å². The van der Waals surface area contributed by atoms with Gasteiger partial charge in [0.2, 0.25) is 0 Å². The minimum Gasteiger partial charge on any atom is -0.496 e. The lowest BCUT2D eigenvalue weighted by Gasteiger charge is -2.26. The maximum Gasteiger partial charge on any atom is 0.326 e. The Kier molecular flexibility index (Phi) is 13.5. The van der Waals surface area contributed by atoms with Crippen LogP contribution < -0.4 is 24.8 Å². The van der Waals surface area contributed by atoms with Crippen molar-refractivity contribution in [2.24, 2.45) is 0 Å². The Morgan fingerprint density at radius 3 is 2.40 bits per heavy atom. The van der Waals surface area contributed by atoms with Gasteiger partial charge in [-0.05, 0) is 70.5 Å². The molecule has 2 aromatic rings. The van der Waals surface area contributed by atoms with Crippen LogP contribution in [0.1, 0.15) is 50.8 Å². The number of nitrogens with zero attached hydrogens (tertiary/aromatic N) is 3. The Bertz CT molecular complexity index is 1120. The molecule has 0 bridgehead atoms. The van der Waals surface area contributed by atoms with E-state index in [9.17, 15) is 14.7 Å². The molecule has 232 valence electrons. The van der Waals surface area contributed by atoms with E-state index in [1.807, 2.05) is 13.8 Å². The Hall–Kier alpha value is -3.73. The van der Waals surface area contributed by atoms with Gasteiger partial charge in [-0.1, -0.05) is 6.07 Å². The van der Waals surface area contributed by atoms with E-state index in [0.29, 0.717) is 50.0 Å². The summed E-state index contributed by atoms with van der Waals surface area (Å²) in [5.74, 6) is 1.88. The van der Waals surface area contributed by atoms with Crippen LogP contribution in [0.2, 0.25) is 0 Å². The van der Waals surface area contributed by atoms with Gasteiger partial charge in [0.1, 0.15) is 35.7 Å². The van der Waals surface area contributed by atoms with Gasteiger partial charge in [-0.2, -0.15) is 0 Å². The summed E-state index contributed by atoms with van der Waals surface area (Å²) in [7, 11) is 3.18. The van der Waals surface area contributed by atoms with Crippen molar-refractivity contribution in [2.75, 3.05) is 65.4 Å². The number of anilines is 1. The predicted molar refractivity (Wildman–Crippen MR) is 163 cm³/mol. The Balaban J connectivity index is 1.58. The number of carbonyl (C=O) groups is 2. The van der Waals surface area contributed by atoms with E-state index in [1.54, 1.807) is 37.3 Å². The molecule has 0 radical (unpaired) electrons. The van der Waals surface area contributed by atoms with Crippen LogP contribution in [-0.4, -0.2) is 98.0 Å². The zero-order valence-electron chi connectivity index (χ0n) is 25.5. The van der Waals surface area contributed by atoms with E-state index in [2.05, 4.69) is 27.7 Å². The number of amides is 2. The summed E-state index contributed by atoms with van der Waals surface area (Å²) in [5, 5.41) is 15.9. The van der Waals surface area contributed by atoms with E-state index >= 15 is 0 Å². The molecule has 0 fully saturated rings. The number of benzene rings is 1. The molecule has 42 heavy (non-hydrogen) atoms. The third-order valence-corrected chi connectivity index (χ3v) is 7.49. The van der Waals surface area contributed by atoms with Crippen LogP contribution in [0.3, 0.4) is 0 Å². The molecule has 1 aliphatic rings.